The van der Waals surface area contributed by atoms with Gasteiger partial charge in [0.1, 0.15) is 0 Å². The van der Waals surface area contributed by atoms with Crippen LogP contribution >= 0.6 is 23.4 Å². The molecule has 2 aromatic carbocycles. The van der Waals surface area contributed by atoms with E-state index in [1.807, 2.05) is 36.4 Å². The van der Waals surface area contributed by atoms with Crippen LogP contribution in [0.5, 0.6) is 11.5 Å². The van der Waals surface area contributed by atoms with Crippen molar-refractivity contribution in [2.24, 2.45) is 0 Å². The van der Waals surface area contributed by atoms with Crippen LogP contribution in [0.1, 0.15) is 5.69 Å². The SMILES string of the molecule is COc1ccc(Sc2cc(Cl)cc3[nH]c(CO)cc23)cc1OC. The van der Waals surface area contributed by atoms with Gasteiger partial charge in [0.05, 0.1) is 20.8 Å². The molecule has 0 aliphatic heterocycles. The lowest BCUT2D eigenvalue weighted by Crippen LogP contribution is -1.90. The molecule has 0 amide bonds. The monoisotopic (exact) mass is 349 g/mol. The van der Waals surface area contributed by atoms with Crippen LogP contribution in [0.2, 0.25) is 5.02 Å². The fraction of sp³-hybridized carbons (Fsp3) is 0.176. The van der Waals surface area contributed by atoms with E-state index in [1.54, 1.807) is 26.0 Å². The lowest BCUT2D eigenvalue weighted by Gasteiger charge is -2.10. The van der Waals surface area contributed by atoms with Crippen LogP contribution in [-0.4, -0.2) is 24.3 Å². The summed E-state index contributed by atoms with van der Waals surface area (Å²) in [5.74, 6) is 1.37. The lowest BCUT2D eigenvalue weighted by atomic mass is 10.2. The van der Waals surface area contributed by atoms with Gasteiger partial charge in [-0.2, -0.15) is 0 Å². The van der Waals surface area contributed by atoms with E-state index in [2.05, 4.69) is 4.98 Å². The number of aromatic amines is 1. The van der Waals surface area contributed by atoms with Gasteiger partial charge in [-0.1, -0.05) is 23.4 Å². The minimum atomic E-state index is -0.0350. The van der Waals surface area contributed by atoms with E-state index in [1.165, 1.54) is 0 Å². The molecule has 0 bridgehead atoms. The van der Waals surface area contributed by atoms with Crippen LogP contribution in [0, 0.1) is 0 Å². The summed E-state index contributed by atoms with van der Waals surface area (Å²) >= 11 is 7.79. The molecule has 1 heterocycles. The minimum absolute atomic E-state index is 0.0350. The molecule has 2 N–H and O–H groups in total. The van der Waals surface area contributed by atoms with E-state index in [-0.39, 0.29) is 6.61 Å². The van der Waals surface area contributed by atoms with Crippen molar-refractivity contribution in [1.29, 1.82) is 0 Å². The fourth-order valence-corrected chi connectivity index (χ4v) is 3.71. The van der Waals surface area contributed by atoms with Gasteiger partial charge in [0.15, 0.2) is 11.5 Å². The highest BCUT2D eigenvalue weighted by Crippen LogP contribution is 2.39. The molecule has 0 unspecified atom stereocenters. The highest BCUT2D eigenvalue weighted by molar-refractivity contribution is 7.99. The van der Waals surface area contributed by atoms with Crippen molar-refractivity contribution in [1.82, 2.24) is 4.98 Å². The molecule has 23 heavy (non-hydrogen) atoms. The first kappa shape index (κ1) is 16.1. The number of methoxy groups -OCH3 is 2. The Hall–Kier alpha value is -1.82. The van der Waals surface area contributed by atoms with Gasteiger partial charge in [0, 0.05) is 31.4 Å². The summed E-state index contributed by atoms with van der Waals surface area (Å²) in [6, 6.07) is 11.5. The maximum absolute atomic E-state index is 9.31. The zero-order valence-electron chi connectivity index (χ0n) is 12.7. The van der Waals surface area contributed by atoms with Crippen molar-refractivity contribution in [3.63, 3.8) is 0 Å². The average Bonchev–Trinajstić information content (AvgIpc) is 2.97. The summed E-state index contributed by atoms with van der Waals surface area (Å²) in [5, 5.41) is 11.0. The molecule has 0 fully saturated rings. The molecule has 120 valence electrons. The predicted octanol–water partition coefficient (Wildman–Crippen LogP) is 4.48. The van der Waals surface area contributed by atoms with E-state index in [0.717, 1.165) is 26.4 Å². The Morgan fingerprint density at radius 1 is 1.09 bits per heavy atom. The molecular formula is C17H16ClNO3S. The van der Waals surface area contributed by atoms with Crippen molar-refractivity contribution in [3.05, 3.63) is 47.1 Å². The Balaban J connectivity index is 2.02. The molecule has 0 saturated carbocycles. The molecule has 0 saturated heterocycles. The second-order valence-electron chi connectivity index (χ2n) is 4.94. The summed E-state index contributed by atoms with van der Waals surface area (Å²) in [7, 11) is 3.23. The number of halogens is 1. The largest absolute Gasteiger partial charge is 0.493 e. The summed E-state index contributed by atoms with van der Waals surface area (Å²) in [6.45, 7) is -0.0350. The van der Waals surface area contributed by atoms with E-state index in [0.29, 0.717) is 16.5 Å². The summed E-state index contributed by atoms with van der Waals surface area (Å²) in [5.41, 5.74) is 1.67. The molecule has 3 rings (SSSR count). The number of hydrogen-bond acceptors (Lipinski definition) is 4. The Morgan fingerprint density at radius 3 is 2.57 bits per heavy atom. The Labute approximate surface area is 143 Å². The van der Waals surface area contributed by atoms with Crippen molar-refractivity contribution in [3.8, 4) is 11.5 Å². The first-order valence-corrected chi connectivity index (χ1v) is 8.16. The van der Waals surface area contributed by atoms with Gasteiger partial charge in [-0.3, -0.25) is 0 Å². The number of aromatic nitrogens is 1. The van der Waals surface area contributed by atoms with E-state index in [9.17, 15) is 5.11 Å². The van der Waals surface area contributed by atoms with Gasteiger partial charge in [0.25, 0.3) is 0 Å². The zero-order valence-corrected chi connectivity index (χ0v) is 14.3. The number of H-pyrrole nitrogens is 1. The predicted molar refractivity (Wildman–Crippen MR) is 92.9 cm³/mol. The van der Waals surface area contributed by atoms with Gasteiger partial charge in [-0.25, -0.2) is 0 Å². The highest BCUT2D eigenvalue weighted by atomic mass is 35.5. The smallest absolute Gasteiger partial charge is 0.161 e. The van der Waals surface area contributed by atoms with Crippen LogP contribution in [0.4, 0.5) is 0 Å². The normalized spacial score (nSPS) is 11.0. The Morgan fingerprint density at radius 2 is 1.87 bits per heavy atom. The molecule has 0 atom stereocenters. The van der Waals surface area contributed by atoms with E-state index < -0.39 is 0 Å². The molecular weight excluding hydrogens is 334 g/mol. The van der Waals surface area contributed by atoms with Gasteiger partial charge >= 0.3 is 0 Å². The van der Waals surface area contributed by atoms with Gasteiger partial charge in [0.2, 0.25) is 0 Å². The maximum Gasteiger partial charge on any atom is 0.161 e. The fourth-order valence-electron chi connectivity index (χ4n) is 2.41. The highest BCUT2D eigenvalue weighted by Gasteiger charge is 2.11. The van der Waals surface area contributed by atoms with E-state index >= 15 is 0 Å². The third-order valence-electron chi connectivity index (χ3n) is 3.47. The second kappa shape index (κ2) is 6.74. The van der Waals surface area contributed by atoms with Gasteiger partial charge < -0.3 is 19.6 Å². The van der Waals surface area contributed by atoms with Crippen LogP contribution in [0.3, 0.4) is 0 Å². The molecule has 0 aliphatic carbocycles. The van der Waals surface area contributed by atoms with Gasteiger partial charge in [-0.05, 0) is 36.4 Å². The van der Waals surface area contributed by atoms with Crippen LogP contribution < -0.4 is 9.47 Å². The topological polar surface area (TPSA) is 54.5 Å². The van der Waals surface area contributed by atoms with Crippen LogP contribution in [0.15, 0.2) is 46.2 Å². The number of nitrogens with one attached hydrogen (secondary N) is 1. The Bertz CT molecular complexity index is 847. The third-order valence-corrected chi connectivity index (χ3v) is 4.74. The quantitative estimate of drug-likeness (QED) is 0.713. The number of aliphatic hydroxyl groups excluding tert-OH is 1. The average molecular weight is 350 g/mol. The number of hydrogen-bond donors (Lipinski definition) is 2. The zero-order chi connectivity index (χ0) is 16.4. The van der Waals surface area contributed by atoms with Crippen molar-refractivity contribution < 1.29 is 14.6 Å². The van der Waals surface area contributed by atoms with Gasteiger partial charge in [-0.15, -0.1) is 0 Å². The lowest BCUT2D eigenvalue weighted by molar-refractivity contribution is 0.278. The molecule has 0 aliphatic rings. The molecule has 0 radical (unpaired) electrons. The maximum atomic E-state index is 9.31. The van der Waals surface area contributed by atoms with Crippen molar-refractivity contribution in [2.45, 2.75) is 16.4 Å². The number of fused-ring (bicyclic) bond motifs is 1. The standard InChI is InChI=1S/C17H16ClNO3S/c1-21-15-4-3-12(8-16(15)22-2)23-17-6-10(18)5-14-13(17)7-11(9-20)19-14/h3-8,19-20H,9H2,1-2H3. The first-order chi connectivity index (χ1) is 11.1. The summed E-state index contributed by atoms with van der Waals surface area (Å²) in [6.07, 6.45) is 0. The second-order valence-corrected chi connectivity index (χ2v) is 6.49. The van der Waals surface area contributed by atoms with Crippen LogP contribution in [0.25, 0.3) is 10.9 Å². The molecule has 4 nitrogen and oxygen atoms in total. The molecule has 6 heteroatoms. The molecule has 3 aromatic rings. The number of aliphatic hydroxyl groups is 1. The summed E-state index contributed by atoms with van der Waals surface area (Å²) < 4.78 is 10.6. The minimum Gasteiger partial charge on any atom is -0.493 e. The molecule has 1 aromatic heterocycles. The number of benzene rings is 2. The van der Waals surface area contributed by atoms with Crippen LogP contribution in [-0.2, 0) is 6.61 Å². The van der Waals surface area contributed by atoms with Crippen molar-refractivity contribution in [2.75, 3.05) is 14.2 Å². The molecule has 0 spiro atoms. The van der Waals surface area contributed by atoms with Crippen molar-refractivity contribution >= 4 is 34.3 Å². The van der Waals surface area contributed by atoms with E-state index in [4.69, 9.17) is 21.1 Å². The third kappa shape index (κ3) is 3.27. The number of rotatable bonds is 5. The summed E-state index contributed by atoms with van der Waals surface area (Å²) in [4.78, 5) is 5.18. The first-order valence-electron chi connectivity index (χ1n) is 6.96. The Kier molecular flexibility index (Phi) is 4.71. The number of ether oxygens (including phenoxy) is 2.